The van der Waals surface area contributed by atoms with Gasteiger partial charge in [-0.1, -0.05) is 6.42 Å². The standard InChI is InChI=1S/C10H19NO/c1-2-9(3-1)8-12-10-4-6-11-7-5-10/h9-11H,1-8H2. The van der Waals surface area contributed by atoms with E-state index in [1.807, 2.05) is 0 Å². The van der Waals surface area contributed by atoms with Gasteiger partial charge in [-0.05, 0) is 44.7 Å². The second kappa shape index (κ2) is 4.24. The number of rotatable bonds is 3. The van der Waals surface area contributed by atoms with Gasteiger partial charge in [-0.2, -0.15) is 0 Å². The van der Waals surface area contributed by atoms with Crippen molar-refractivity contribution >= 4 is 0 Å². The Hall–Kier alpha value is -0.0800. The summed E-state index contributed by atoms with van der Waals surface area (Å²) in [5, 5.41) is 3.35. The predicted octanol–water partition coefficient (Wildman–Crippen LogP) is 1.56. The third-order valence-corrected chi connectivity index (χ3v) is 3.08. The van der Waals surface area contributed by atoms with E-state index in [0.717, 1.165) is 25.6 Å². The Labute approximate surface area is 74.7 Å². The van der Waals surface area contributed by atoms with Crippen molar-refractivity contribution in [1.29, 1.82) is 0 Å². The van der Waals surface area contributed by atoms with E-state index in [1.165, 1.54) is 32.1 Å². The number of hydrogen-bond acceptors (Lipinski definition) is 2. The van der Waals surface area contributed by atoms with E-state index in [2.05, 4.69) is 5.32 Å². The van der Waals surface area contributed by atoms with Gasteiger partial charge in [-0.15, -0.1) is 0 Å². The van der Waals surface area contributed by atoms with Gasteiger partial charge in [0.05, 0.1) is 6.10 Å². The summed E-state index contributed by atoms with van der Waals surface area (Å²) in [6.07, 6.45) is 7.24. The number of hydrogen-bond donors (Lipinski definition) is 1. The molecule has 2 heteroatoms. The van der Waals surface area contributed by atoms with E-state index in [-0.39, 0.29) is 0 Å². The fourth-order valence-corrected chi connectivity index (χ4v) is 1.89. The maximum Gasteiger partial charge on any atom is 0.0599 e. The van der Waals surface area contributed by atoms with Crippen LogP contribution < -0.4 is 5.32 Å². The number of piperidine rings is 1. The lowest BCUT2D eigenvalue weighted by atomic mass is 9.86. The average Bonchev–Trinajstić information content (AvgIpc) is 2.04. The van der Waals surface area contributed by atoms with E-state index in [4.69, 9.17) is 4.74 Å². The van der Waals surface area contributed by atoms with E-state index >= 15 is 0 Å². The first-order valence-electron chi connectivity index (χ1n) is 5.27. The van der Waals surface area contributed by atoms with E-state index < -0.39 is 0 Å². The van der Waals surface area contributed by atoms with Crippen molar-refractivity contribution in [1.82, 2.24) is 5.32 Å². The SMILES string of the molecule is C1CC(COC2CCNCC2)C1. The molecule has 0 aromatic heterocycles. The third kappa shape index (κ3) is 2.20. The molecule has 0 aromatic carbocycles. The Morgan fingerprint density at radius 2 is 1.83 bits per heavy atom. The topological polar surface area (TPSA) is 21.3 Å². The second-order valence-electron chi connectivity index (χ2n) is 4.08. The van der Waals surface area contributed by atoms with Gasteiger partial charge < -0.3 is 10.1 Å². The highest BCUT2D eigenvalue weighted by Gasteiger charge is 2.20. The monoisotopic (exact) mass is 169 g/mol. The van der Waals surface area contributed by atoms with Crippen LogP contribution in [-0.4, -0.2) is 25.8 Å². The van der Waals surface area contributed by atoms with E-state index in [1.54, 1.807) is 0 Å². The van der Waals surface area contributed by atoms with Crippen LogP contribution in [0.25, 0.3) is 0 Å². The molecule has 0 amide bonds. The summed E-state index contributed by atoms with van der Waals surface area (Å²) in [6, 6.07) is 0. The summed E-state index contributed by atoms with van der Waals surface area (Å²) in [6.45, 7) is 3.33. The van der Waals surface area contributed by atoms with Crippen LogP contribution in [0.2, 0.25) is 0 Å². The zero-order valence-corrected chi connectivity index (χ0v) is 7.72. The van der Waals surface area contributed by atoms with Crippen LogP contribution >= 0.6 is 0 Å². The molecule has 0 atom stereocenters. The van der Waals surface area contributed by atoms with Crippen molar-refractivity contribution < 1.29 is 4.74 Å². The van der Waals surface area contributed by atoms with Gasteiger partial charge in [-0.3, -0.25) is 0 Å². The molecule has 0 unspecified atom stereocenters. The molecule has 1 N–H and O–H groups in total. The fourth-order valence-electron chi connectivity index (χ4n) is 1.89. The second-order valence-corrected chi connectivity index (χ2v) is 4.08. The maximum atomic E-state index is 5.85. The summed E-state index contributed by atoms with van der Waals surface area (Å²) < 4.78 is 5.85. The maximum absolute atomic E-state index is 5.85. The molecular formula is C10H19NO. The van der Waals surface area contributed by atoms with Crippen molar-refractivity contribution in [2.75, 3.05) is 19.7 Å². The Morgan fingerprint density at radius 1 is 1.08 bits per heavy atom. The van der Waals surface area contributed by atoms with Gasteiger partial charge in [-0.25, -0.2) is 0 Å². The van der Waals surface area contributed by atoms with Crippen LogP contribution in [0, 0.1) is 5.92 Å². The molecule has 2 nitrogen and oxygen atoms in total. The van der Waals surface area contributed by atoms with Crippen molar-refractivity contribution in [3.05, 3.63) is 0 Å². The van der Waals surface area contributed by atoms with E-state index in [9.17, 15) is 0 Å². The van der Waals surface area contributed by atoms with Crippen molar-refractivity contribution in [2.24, 2.45) is 5.92 Å². The average molecular weight is 169 g/mol. The minimum atomic E-state index is 0.562. The van der Waals surface area contributed by atoms with Crippen molar-refractivity contribution in [3.8, 4) is 0 Å². The summed E-state index contributed by atoms with van der Waals surface area (Å²) in [5.74, 6) is 0.903. The molecular weight excluding hydrogens is 150 g/mol. The zero-order chi connectivity index (χ0) is 8.23. The summed E-state index contributed by atoms with van der Waals surface area (Å²) in [4.78, 5) is 0. The third-order valence-electron chi connectivity index (χ3n) is 3.08. The molecule has 2 aliphatic rings. The molecule has 1 aliphatic carbocycles. The van der Waals surface area contributed by atoms with Crippen LogP contribution in [0.15, 0.2) is 0 Å². The van der Waals surface area contributed by atoms with Crippen LogP contribution in [0.4, 0.5) is 0 Å². The van der Waals surface area contributed by atoms with Crippen molar-refractivity contribution in [2.45, 2.75) is 38.2 Å². The molecule has 2 rings (SSSR count). The smallest absolute Gasteiger partial charge is 0.0599 e. The van der Waals surface area contributed by atoms with E-state index in [0.29, 0.717) is 6.10 Å². The minimum absolute atomic E-state index is 0.562. The molecule has 1 aliphatic heterocycles. The van der Waals surface area contributed by atoms with Gasteiger partial charge in [0.25, 0.3) is 0 Å². The quantitative estimate of drug-likeness (QED) is 0.692. The highest BCUT2D eigenvalue weighted by atomic mass is 16.5. The molecule has 1 heterocycles. The van der Waals surface area contributed by atoms with Crippen molar-refractivity contribution in [3.63, 3.8) is 0 Å². The molecule has 2 fully saturated rings. The summed E-state index contributed by atoms with van der Waals surface area (Å²) in [7, 11) is 0. The fraction of sp³-hybridized carbons (Fsp3) is 1.00. The van der Waals surface area contributed by atoms with Crippen LogP contribution in [0.3, 0.4) is 0 Å². The lowest BCUT2D eigenvalue weighted by Gasteiger charge is -2.29. The Bertz CT molecular complexity index is 128. The predicted molar refractivity (Wildman–Crippen MR) is 49.2 cm³/mol. The molecule has 0 radical (unpaired) electrons. The molecule has 1 saturated carbocycles. The van der Waals surface area contributed by atoms with Gasteiger partial charge in [0.2, 0.25) is 0 Å². The normalized spacial score (nSPS) is 27.0. The Balaban J connectivity index is 1.58. The summed E-state index contributed by atoms with van der Waals surface area (Å²) >= 11 is 0. The Morgan fingerprint density at radius 3 is 2.42 bits per heavy atom. The molecule has 0 aromatic rings. The van der Waals surface area contributed by atoms with Gasteiger partial charge in [0.1, 0.15) is 0 Å². The van der Waals surface area contributed by atoms with Crippen LogP contribution in [0.1, 0.15) is 32.1 Å². The van der Waals surface area contributed by atoms with Gasteiger partial charge >= 0.3 is 0 Å². The Kier molecular flexibility index (Phi) is 3.01. The van der Waals surface area contributed by atoms with Gasteiger partial charge in [0, 0.05) is 6.61 Å². The number of ether oxygens (including phenoxy) is 1. The van der Waals surface area contributed by atoms with Gasteiger partial charge in [0.15, 0.2) is 0 Å². The molecule has 1 saturated heterocycles. The highest BCUT2D eigenvalue weighted by Crippen LogP contribution is 2.27. The molecule has 0 bridgehead atoms. The lowest BCUT2D eigenvalue weighted by Crippen LogP contribution is -2.34. The van der Waals surface area contributed by atoms with Crippen LogP contribution in [0.5, 0.6) is 0 Å². The molecule has 70 valence electrons. The molecule has 0 spiro atoms. The highest BCUT2D eigenvalue weighted by molar-refractivity contribution is 4.72. The number of nitrogens with one attached hydrogen (secondary N) is 1. The molecule has 12 heavy (non-hydrogen) atoms. The first kappa shape index (κ1) is 8.52. The first-order valence-corrected chi connectivity index (χ1v) is 5.27. The zero-order valence-electron chi connectivity index (χ0n) is 7.72. The minimum Gasteiger partial charge on any atom is -0.378 e. The summed E-state index contributed by atoms with van der Waals surface area (Å²) in [5.41, 5.74) is 0. The first-order chi connectivity index (χ1) is 5.95. The largest absolute Gasteiger partial charge is 0.378 e. The van der Waals surface area contributed by atoms with Crippen LogP contribution in [-0.2, 0) is 4.74 Å². The lowest BCUT2D eigenvalue weighted by molar-refractivity contribution is -0.00388.